The number of primary amides is 1. The molecule has 0 spiro atoms. The van der Waals surface area contributed by atoms with E-state index in [2.05, 4.69) is 9.80 Å². The summed E-state index contributed by atoms with van der Waals surface area (Å²) < 4.78 is 0. The quantitative estimate of drug-likeness (QED) is 0.431. The van der Waals surface area contributed by atoms with Gasteiger partial charge in [-0.25, -0.2) is 4.79 Å². The first-order chi connectivity index (χ1) is 15.2. The number of nitrogens with zero attached hydrogens (tertiary/aromatic N) is 3. The summed E-state index contributed by atoms with van der Waals surface area (Å²) in [6, 6.07) is -0.251. The van der Waals surface area contributed by atoms with Crippen molar-refractivity contribution in [1.29, 1.82) is 0 Å². The number of hydrogen-bond acceptors (Lipinski definition) is 7. The number of aliphatic hydroxyl groups is 1. The van der Waals surface area contributed by atoms with Gasteiger partial charge in [-0.15, -0.1) is 11.8 Å². The van der Waals surface area contributed by atoms with E-state index in [1.54, 1.807) is 18.7 Å². The van der Waals surface area contributed by atoms with Crippen LogP contribution in [0.2, 0.25) is 0 Å². The molecule has 178 valence electrons. The van der Waals surface area contributed by atoms with Gasteiger partial charge in [0.15, 0.2) is 0 Å². The Hall–Kier alpha value is -1.62. The number of carbonyl (C=O) groups is 3. The van der Waals surface area contributed by atoms with Crippen molar-refractivity contribution in [3.63, 3.8) is 0 Å². The number of likely N-dealkylation sites (tertiary alicyclic amines) is 2. The number of β-lactam (4-membered cyclic amide) rings is 1. The summed E-state index contributed by atoms with van der Waals surface area (Å²) in [5.74, 6) is -1.60. The Morgan fingerprint density at radius 1 is 1.19 bits per heavy atom. The third kappa shape index (κ3) is 4.42. The highest BCUT2D eigenvalue weighted by Crippen LogP contribution is 2.51. The maximum Gasteiger partial charge on any atom is 0.353 e. The molecule has 0 bridgehead atoms. The van der Waals surface area contributed by atoms with E-state index < -0.39 is 18.0 Å². The molecule has 0 saturated carbocycles. The van der Waals surface area contributed by atoms with Crippen LogP contribution in [0.1, 0.15) is 33.1 Å². The van der Waals surface area contributed by atoms with Gasteiger partial charge in [-0.3, -0.25) is 14.5 Å². The molecule has 0 aromatic carbocycles. The lowest BCUT2D eigenvalue weighted by atomic mass is 9.79. The Morgan fingerprint density at radius 2 is 1.84 bits per heavy atom. The van der Waals surface area contributed by atoms with E-state index in [1.165, 1.54) is 4.90 Å². The second-order valence-electron chi connectivity index (χ2n) is 9.75. The van der Waals surface area contributed by atoms with Gasteiger partial charge in [0.05, 0.1) is 24.6 Å². The molecule has 10 heteroatoms. The van der Waals surface area contributed by atoms with Crippen LogP contribution < -0.4 is 5.73 Å². The van der Waals surface area contributed by atoms with Gasteiger partial charge < -0.3 is 25.7 Å². The fourth-order valence-electron chi connectivity index (χ4n) is 5.83. The number of rotatable bonds is 8. The summed E-state index contributed by atoms with van der Waals surface area (Å²) in [4.78, 5) is 42.4. The van der Waals surface area contributed by atoms with Crippen molar-refractivity contribution in [1.82, 2.24) is 14.7 Å². The van der Waals surface area contributed by atoms with Crippen LogP contribution in [0.25, 0.3) is 0 Å². The van der Waals surface area contributed by atoms with Gasteiger partial charge in [-0.05, 0) is 51.7 Å². The lowest BCUT2D eigenvalue weighted by Gasteiger charge is -2.46. The first-order valence-corrected chi connectivity index (χ1v) is 12.4. The van der Waals surface area contributed by atoms with E-state index in [0.717, 1.165) is 56.9 Å². The number of aliphatic hydroxyl groups excluding tert-OH is 1. The van der Waals surface area contributed by atoms with Crippen LogP contribution in [-0.2, 0) is 14.4 Å². The molecule has 4 aliphatic heterocycles. The lowest BCUT2D eigenvalue weighted by Crippen LogP contribution is -2.63. The normalized spacial score (nSPS) is 32.8. The van der Waals surface area contributed by atoms with Gasteiger partial charge in [-0.2, -0.15) is 0 Å². The molecular weight excluding hydrogens is 432 g/mol. The minimum absolute atomic E-state index is 0.0768. The molecule has 0 aliphatic carbocycles. The first-order valence-electron chi connectivity index (χ1n) is 11.6. The molecule has 0 aromatic heterocycles. The Morgan fingerprint density at radius 3 is 2.44 bits per heavy atom. The molecule has 32 heavy (non-hydrogen) atoms. The van der Waals surface area contributed by atoms with Gasteiger partial charge in [0.25, 0.3) is 0 Å². The third-order valence-electron chi connectivity index (χ3n) is 7.44. The van der Waals surface area contributed by atoms with Crippen LogP contribution in [0, 0.1) is 17.8 Å². The van der Waals surface area contributed by atoms with Gasteiger partial charge in [0.2, 0.25) is 11.8 Å². The van der Waals surface area contributed by atoms with Crippen molar-refractivity contribution in [3.8, 4) is 0 Å². The molecule has 0 radical (unpaired) electrons. The summed E-state index contributed by atoms with van der Waals surface area (Å²) in [6.07, 6.45) is 2.34. The second kappa shape index (κ2) is 9.32. The zero-order valence-electron chi connectivity index (χ0n) is 18.8. The van der Waals surface area contributed by atoms with E-state index in [1.807, 2.05) is 6.92 Å². The Labute approximate surface area is 193 Å². The Bertz CT molecular complexity index is 810. The van der Waals surface area contributed by atoms with Crippen molar-refractivity contribution in [2.24, 2.45) is 23.5 Å². The number of carboxylic acids is 1. The zero-order valence-corrected chi connectivity index (χ0v) is 19.6. The van der Waals surface area contributed by atoms with Crippen LogP contribution in [0.4, 0.5) is 0 Å². The number of carboxylic acid groups (broad SMARTS) is 1. The Balaban J connectivity index is 1.33. The molecule has 3 fully saturated rings. The SMILES string of the molecule is C[C@@H](O)[C@H]1C(=O)N2C(C(=O)O)=C(S[C@@H]3CCN(CC4CCN(CC(N)=O)CC4)C3)[C@H](C)[C@H]12. The van der Waals surface area contributed by atoms with E-state index >= 15 is 0 Å². The van der Waals surface area contributed by atoms with Crippen molar-refractivity contribution < 1.29 is 24.6 Å². The van der Waals surface area contributed by atoms with Crippen LogP contribution in [0.3, 0.4) is 0 Å². The number of hydrogen-bond donors (Lipinski definition) is 3. The number of aliphatic carboxylic acids is 1. The summed E-state index contributed by atoms with van der Waals surface area (Å²) in [5, 5.41) is 20.1. The lowest BCUT2D eigenvalue weighted by molar-refractivity contribution is -0.163. The van der Waals surface area contributed by atoms with Crippen molar-refractivity contribution in [2.75, 3.05) is 39.3 Å². The van der Waals surface area contributed by atoms with Gasteiger partial charge in [0.1, 0.15) is 5.70 Å². The minimum Gasteiger partial charge on any atom is -0.477 e. The second-order valence-corrected chi connectivity index (χ2v) is 11.1. The predicted molar refractivity (Wildman–Crippen MR) is 120 cm³/mol. The van der Waals surface area contributed by atoms with Gasteiger partial charge in [-0.1, -0.05) is 6.92 Å². The highest BCUT2D eigenvalue weighted by atomic mass is 32.2. The van der Waals surface area contributed by atoms with Crippen LogP contribution >= 0.6 is 11.8 Å². The number of fused-ring (bicyclic) bond motifs is 1. The fraction of sp³-hybridized carbons (Fsp3) is 0.773. The highest BCUT2D eigenvalue weighted by Gasteiger charge is 2.60. The summed E-state index contributed by atoms with van der Waals surface area (Å²) in [5.41, 5.74) is 5.42. The van der Waals surface area contributed by atoms with E-state index in [-0.39, 0.29) is 29.5 Å². The summed E-state index contributed by atoms with van der Waals surface area (Å²) in [6.45, 7) is 8.66. The smallest absolute Gasteiger partial charge is 0.353 e. The molecule has 0 aromatic rings. The van der Waals surface area contributed by atoms with Crippen LogP contribution in [0.5, 0.6) is 0 Å². The average Bonchev–Trinajstić information content (AvgIpc) is 3.24. The first kappa shape index (κ1) is 23.5. The maximum absolute atomic E-state index is 12.5. The van der Waals surface area contributed by atoms with Crippen LogP contribution in [-0.4, -0.2) is 99.4 Å². The van der Waals surface area contributed by atoms with E-state index in [4.69, 9.17) is 5.73 Å². The van der Waals surface area contributed by atoms with Crippen molar-refractivity contribution in [3.05, 3.63) is 10.6 Å². The third-order valence-corrected chi connectivity index (χ3v) is 8.97. The molecule has 4 N–H and O–H groups in total. The fourth-order valence-corrected chi connectivity index (χ4v) is 7.35. The Kier molecular flexibility index (Phi) is 6.86. The highest BCUT2D eigenvalue weighted by molar-refractivity contribution is 8.03. The molecular formula is C22H34N4O5S. The molecule has 4 rings (SSSR count). The number of piperidine rings is 1. The van der Waals surface area contributed by atoms with Crippen molar-refractivity contribution >= 4 is 29.5 Å². The average molecular weight is 467 g/mol. The van der Waals surface area contributed by atoms with E-state index in [0.29, 0.717) is 17.7 Å². The molecule has 5 atom stereocenters. The van der Waals surface area contributed by atoms with Gasteiger partial charge >= 0.3 is 5.97 Å². The van der Waals surface area contributed by atoms with Crippen LogP contribution in [0.15, 0.2) is 10.6 Å². The monoisotopic (exact) mass is 466 g/mol. The molecule has 2 amide bonds. The maximum atomic E-state index is 12.5. The standard InChI is InChI=1S/C22H34N4O5S/c1-12-18-17(13(2)27)21(29)26(18)19(22(30)31)20(12)32-15-5-8-25(10-15)9-14-3-6-24(7-4-14)11-16(23)28/h12-15,17-18,27H,3-11H2,1-2H3,(H2,23,28)(H,30,31)/t12-,13-,15-,17-,18-/m1/s1. The number of nitrogens with two attached hydrogens (primary N) is 1. The van der Waals surface area contributed by atoms with Crippen molar-refractivity contribution in [2.45, 2.75) is 50.5 Å². The summed E-state index contributed by atoms with van der Waals surface area (Å²) >= 11 is 1.62. The predicted octanol–water partition coefficient (Wildman–Crippen LogP) is 0.145. The topological polar surface area (TPSA) is 127 Å². The molecule has 4 heterocycles. The summed E-state index contributed by atoms with van der Waals surface area (Å²) in [7, 11) is 0. The van der Waals surface area contributed by atoms with Gasteiger partial charge in [0, 0.05) is 29.2 Å². The number of thioether (sulfide) groups is 1. The molecule has 3 saturated heterocycles. The largest absolute Gasteiger partial charge is 0.477 e. The number of amides is 2. The van der Waals surface area contributed by atoms with E-state index in [9.17, 15) is 24.6 Å². The molecule has 0 unspecified atom stereocenters. The minimum atomic E-state index is -1.06. The zero-order chi connectivity index (χ0) is 23.2. The molecule has 4 aliphatic rings. The molecule has 9 nitrogen and oxygen atoms in total. The number of carbonyl (C=O) groups excluding carboxylic acids is 2.